The normalized spacial score (nSPS) is 11.4. The summed E-state index contributed by atoms with van der Waals surface area (Å²) in [6.45, 7) is 0. The monoisotopic (exact) mass is 407 g/mol. The number of nitro groups is 1. The summed E-state index contributed by atoms with van der Waals surface area (Å²) in [7, 11) is 0. The van der Waals surface area contributed by atoms with Crippen LogP contribution in [0, 0.1) is 21.4 Å². The summed E-state index contributed by atoms with van der Waals surface area (Å²) >= 11 is -0.0424. The minimum absolute atomic E-state index is 0.0424. The molecule has 1 heterocycles. The zero-order valence-electron chi connectivity index (χ0n) is 13.6. The topological polar surface area (TPSA) is 79.8 Å². The van der Waals surface area contributed by atoms with Gasteiger partial charge in [0.05, 0.1) is 0 Å². The van der Waals surface area contributed by atoms with Gasteiger partial charge in [0.1, 0.15) is 0 Å². The molecule has 0 aliphatic carbocycles. The molecule has 0 radical (unpaired) electrons. The van der Waals surface area contributed by atoms with Gasteiger partial charge in [0, 0.05) is 0 Å². The van der Waals surface area contributed by atoms with Gasteiger partial charge in [-0.2, -0.15) is 0 Å². The Morgan fingerprint density at radius 1 is 1.15 bits per heavy atom. The second-order valence-corrected chi connectivity index (χ2v) is 7.10. The van der Waals surface area contributed by atoms with Crippen molar-refractivity contribution in [3.05, 3.63) is 91.9 Å². The summed E-state index contributed by atoms with van der Waals surface area (Å²) in [4.78, 5) is 16.8. The quantitative estimate of drug-likeness (QED) is 0.208. The molecule has 2 aromatic carbocycles. The molecular formula is C20H13N3O2Se. The summed E-state index contributed by atoms with van der Waals surface area (Å²) in [5.74, 6) is 0. The van der Waals surface area contributed by atoms with Gasteiger partial charge < -0.3 is 0 Å². The minimum atomic E-state index is -0.430. The second-order valence-electron chi connectivity index (χ2n) is 5.30. The van der Waals surface area contributed by atoms with Gasteiger partial charge in [0.25, 0.3) is 0 Å². The van der Waals surface area contributed by atoms with Crippen molar-refractivity contribution in [2.75, 3.05) is 0 Å². The molecule has 0 N–H and O–H groups in total. The molecule has 0 aliphatic heterocycles. The Kier molecular flexibility index (Phi) is 5.55. The summed E-state index contributed by atoms with van der Waals surface area (Å²) in [5.41, 5.74) is 3.20. The van der Waals surface area contributed by atoms with E-state index in [1.807, 2.05) is 47.4 Å². The van der Waals surface area contributed by atoms with Gasteiger partial charge in [0.2, 0.25) is 0 Å². The Morgan fingerprint density at radius 3 is 2.54 bits per heavy atom. The van der Waals surface area contributed by atoms with E-state index in [1.54, 1.807) is 18.2 Å². The van der Waals surface area contributed by atoms with Gasteiger partial charge in [-0.3, -0.25) is 0 Å². The Balaban J connectivity index is 1.80. The molecule has 26 heavy (non-hydrogen) atoms. The fourth-order valence-corrected chi connectivity index (χ4v) is 3.95. The van der Waals surface area contributed by atoms with Crippen LogP contribution in [0.2, 0.25) is 0 Å². The van der Waals surface area contributed by atoms with Crippen molar-refractivity contribution >= 4 is 31.8 Å². The summed E-state index contributed by atoms with van der Waals surface area (Å²) in [5, 5.41) is 20.1. The van der Waals surface area contributed by atoms with Gasteiger partial charge in [-0.25, -0.2) is 0 Å². The molecule has 1 aromatic heterocycles. The van der Waals surface area contributed by atoms with Crippen LogP contribution in [-0.2, 0) is 0 Å². The average Bonchev–Trinajstić information content (AvgIpc) is 3.16. The standard InChI is InChI=1S/C20H13N3O2Se/c21-13-17(8-4-7-15-5-2-1-3-6-15)20-22-19(14-26-20)16-9-11-18(12-10-16)23(24)25/h1-12,14H. The van der Waals surface area contributed by atoms with Crippen LogP contribution in [0.5, 0.6) is 0 Å². The van der Waals surface area contributed by atoms with Crippen molar-refractivity contribution in [2.45, 2.75) is 0 Å². The number of hydrogen-bond acceptors (Lipinski definition) is 4. The van der Waals surface area contributed by atoms with E-state index in [9.17, 15) is 15.4 Å². The molecule has 0 unspecified atom stereocenters. The molecule has 0 spiro atoms. The van der Waals surface area contributed by atoms with Crippen LogP contribution in [-0.4, -0.2) is 24.4 Å². The van der Waals surface area contributed by atoms with E-state index in [-0.39, 0.29) is 20.2 Å². The van der Waals surface area contributed by atoms with Crippen molar-refractivity contribution in [3.63, 3.8) is 0 Å². The van der Waals surface area contributed by atoms with Crippen LogP contribution < -0.4 is 0 Å². The predicted molar refractivity (Wildman–Crippen MR) is 102 cm³/mol. The number of non-ortho nitro benzene ring substituents is 1. The SMILES string of the molecule is N#CC(=CC=Cc1ccccc1)c1nc(-c2ccc([N+](=O)[O-])cc2)c[se]1. The number of aromatic nitrogens is 1. The first-order valence-electron chi connectivity index (χ1n) is 7.71. The van der Waals surface area contributed by atoms with E-state index in [2.05, 4.69) is 11.1 Å². The van der Waals surface area contributed by atoms with Crippen LogP contribution in [0.1, 0.15) is 10.1 Å². The molecule has 3 aromatic rings. The first-order valence-corrected chi connectivity index (χ1v) is 9.56. The average molecular weight is 406 g/mol. The molecule has 0 saturated carbocycles. The van der Waals surface area contributed by atoms with Gasteiger partial charge in [-0.05, 0) is 0 Å². The predicted octanol–water partition coefficient (Wildman–Crippen LogP) is 4.33. The van der Waals surface area contributed by atoms with Crippen molar-refractivity contribution in [1.29, 1.82) is 5.26 Å². The zero-order valence-corrected chi connectivity index (χ0v) is 15.3. The first-order chi connectivity index (χ1) is 12.7. The van der Waals surface area contributed by atoms with E-state index >= 15 is 0 Å². The molecule has 0 saturated heterocycles. The maximum absolute atomic E-state index is 10.7. The number of allylic oxidation sites excluding steroid dienone is 3. The van der Waals surface area contributed by atoms with E-state index in [4.69, 9.17) is 0 Å². The number of nitriles is 1. The molecule has 0 fully saturated rings. The van der Waals surface area contributed by atoms with E-state index in [1.165, 1.54) is 12.1 Å². The molecule has 3 rings (SSSR count). The number of hydrogen-bond donors (Lipinski definition) is 0. The molecular weight excluding hydrogens is 393 g/mol. The van der Waals surface area contributed by atoms with Crippen molar-refractivity contribution in [3.8, 4) is 17.3 Å². The molecule has 0 atom stereocenters. The Hall–Kier alpha value is -3.26. The molecule has 0 amide bonds. The fraction of sp³-hybridized carbons (Fsp3) is 0. The Labute approximate surface area is 156 Å². The fourth-order valence-electron chi connectivity index (χ4n) is 2.26. The zero-order chi connectivity index (χ0) is 18.4. The number of rotatable bonds is 5. The third kappa shape index (κ3) is 4.22. The third-order valence-electron chi connectivity index (χ3n) is 3.58. The van der Waals surface area contributed by atoms with Crippen molar-refractivity contribution in [2.24, 2.45) is 0 Å². The molecule has 6 heteroatoms. The number of nitro benzene ring substituents is 1. The summed E-state index contributed by atoms with van der Waals surface area (Å²) in [6, 6.07) is 18.3. The molecule has 0 bridgehead atoms. The van der Waals surface area contributed by atoms with Gasteiger partial charge >= 0.3 is 156 Å². The van der Waals surface area contributed by atoms with Crippen LogP contribution >= 0.6 is 0 Å². The Bertz CT molecular complexity index is 1010. The van der Waals surface area contributed by atoms with Crippen LogP contribution in [0.3, 0.4) is 0 Å². The molecule has 126 valence electrons. The first kappa shape index (κ1) is 17.6. The van der Waals surface area contributed by atoms with E-state index in [0.29, 0.717) is 5.57 Å². The molecule has 5 nitrogen and oxygen atoms in total. The number of benzene rings is 2. The third-order valence-corrected chi connectivity index (χ3v) is 5.42. The van der Waals surface area contributed by atoms with Gasteiger partial charge in [-0.15, -0.1) is 0 Å². The van der Waals surface area contributed by atoms with Crippen molar-refractivity contribution < 1.29 is 4.92 Å². The van der Waals surface area contributed by atoms with Crippen LogP contribution in [0.4, 0.5) is 5.69 Å². The van der Waals surface area contributed by atoms with Gasteiger partial charge in [-0.1, -0.05) is 0 Å². The second kappa shape index (κ2) is 8.21. The summed E-state index contributed by atoms with van der Waals surface area (Å²) in [6.07, 6.45) is 5.54. The van der Waals surface area contributed by atoms with Crippen molar-refractivity contribution in [1.82, 2.24) is 4.98 Å². The van der Waals surface area contributed by atoms with E-state index < -0.39 is 4.92 Å². The van der Waals surface area contributed by atoms with E-state index in [0.717, 1.165) is 21.4 Å². The van der Waals surface area contributed by atoms with Crippen LogP contribution in [0.25, 0.3) is 22.9 Å². The molecule has 0 aliphatic rings. The van der Waals surface area contributed by atoms with Gasteiger partial charge in [0.15, 0.2) is 0 Å². The maximum atomic E-state index is 10.7. The van der Waals surface area contributed by atoms with Crippen LogP contribution in [0.15, 0.2) is 71.7 Å². The Morgan fingerprint density at radius 2 is 1.88 bits per heavy atom. The summed E-state index contributed by atoms with van der Waals surface area (Å²) < 4.78 is 0.756. The number of nitrogens with zero attached hydrogens (tertiary/aromatic N) is 3.